The number of carbonyl (C=O) groups excluding carboxylic acids is 1. The van der Waals surface area contributed by atoms with Gasteiger partial charge in [-0.15, -0.1) is 0 Å². The molecule has 0 atom stereocenters. The molecule has 1 aliphatic rings. The Morgan fingerprint density at radius 3 is 2.54 bits per heavy atom. The van der Waals surface area contributed by atoms with Crippen molar-refractivity contribution in [3.8, 4) is 11.9 Å². The van der Waals surface area contributed by atoms with Gasteiger partial charge < -0.3 is 20.7 Å². The number of nitrogens with one attached hydrogen (secondary N) is 1. The Morgan fingerprint density at radius 2 is 1.86 bits per heavy atom. The SMILES string of the molecule is CN(C)c1ccc(/C=C(\C#N)C(=O)NCc2ccc(COc3nc(N)nc4c3N=CC4)cc2)cc1. The molecule has 1 aliphatic heterocycles. The number of nitriles is 1. The van der Waals surface area contributed by atoms with E-state index >= 15 is 0 Å². The standard InChI is InChI=1S/C26H25N7O2/c1-33(2)21-9-7-17(8-10-21)13-20(14-27)24(34)30-15-18-3-5-19(6-4-18)16-35-25-23-22(11-12-29-23)31-26(28)32-25/h3-10,12-13H,11,15-16H2,1-2H3,(H,30,34)(H2,28,31,32)/b20-13+. The van der Waals surface area contributed by atoms with Gasteiger partial charge in [0.15, 0.2) is 0 Å². The number of amides is 1. The first-order valence-electron chi connectivity index (χ1n) is 11.0. The lowest BCUT2D eigenvalue weighted by molar-refractivity contribution is -0.117. The van der Waals surface area contributed by atoms with Gasteiger partial charge in [0.05, 0.1) is 5.69 Å². The zero-order valence-electron chi connectivity index (χ0n) is 19.5. The van der Waals surface area contributed by atoms with E-state index in [1.165, 1.54) is 0 Å². The molecule has 35 heavy (non-hydrogen) atoms. The van der Waals surface area contributed by atoms with E-state index in [4.69, 9.17) is 10.5 Å². The lowest BCUT2D eigenvalue weighted by Crippen LogP contribution is -2.23. The summed E-state index contributed by atoms with van der Waals surface area (Å²) >= 11 is 0. The molecule has 176 valence electrons. The molecule has 0 saturated heterocycles. The molecule has 4 rings (SSSR count). The topological polar surface area (TPSA) is 130 Å². The number of nitrogens with two attached hydrogens (primary N) is 1. The monoisotopic (exact) mass is 467 g/mol. The molecule has 2 heterocycles. The van der Waals surface area contributed by atoms with Crippen molar-refractivity contribution >= 4 is 35.5 Å². The van der Waals surface area contributed by atoms with Crippen LogP contribution in [0.15, 0.2) is 59.1 Å². The smallest absolute Gasteiger partial charge is 0.262 e. The number of carbonyl (C=O) groups is 1. The lowest BCUT2D eigenvalue weighted by Gasteiger charge is -2.12. The summed E-state index contributed by atoms with van der Waals surface area (Å²) in [4.78, 5) is 27.1. The van der Waals surface area contributed by atoms with E-state index in [9.17, 15) is 10.1 Å². The van der Waals surface area contributed by atoms with Gasteiger partial charge in [-0.1, -0.05) is 36.4 Å². The van der Waals surface area contributed by atoms with Gasteiger partial charge in [-0.25, -0.2) is 4.98 Å². The fourth-order valence-corrected chi connectivity index (χ4v) is 3.46. The van der Waals surface area contributed by atoms with Gasteiger partial charge in [-0.2, -0.15) is 10.2 Å². The molecule has 2 aromatic carbocycles. The maximum absolute atomic E-state index is 12.5. The summed E-state index contributed by atoms with van der Waals surface area (Å²) in [7, 11) is 3.90. The molecular formula is C26H25N7O2. The third kappa shape index (κ3) is 5.81. The Balaban J connectivity index is 1.33. The van der Waals surface area contributed by atoms with Crippen molar-refractivity contribution in [1.82, 2.24) is 15.3 Å². The van der Waals surface area contributed by atoms with Crippen LogP contribution in [0.2, 0.25) is 0 Å². The number of benzene rings is 2. The molecule has 3 N–H and O–H groups in total. The van der Waals surface area contributed by atoms with Crippen LogP contribution in [0.25, 0.3) is 6.08 Å². The van der Waals surface area contributed by atoms with Crippen molar-refractivity contribution < 1.29 is 9.53 Å². The highest BCUT2D eigenvalue weighted by atomic mass is 16.5. The van der Waals surface area contributed by atoms with Gasteiger partial charge >= 0.3 is 0 Å². The van der Waals surface area contributed by atoms with E-state index in [2.05, 4.69) is 20.3 Å². The van der Waals surface area contributed by atoms with Crippen molar-refractivity contribution in [2.45, 2.75) is 19.6 Å². The van der Waals surface area contributed by atoms with Gasteiger partial charge in [0.25, 0.3) is 5.91 Å². The highest BCUT2D eigenvalue weighted by molar-refractivity contribution is 6.01. The van der Waals surface area contributed by atoms with Crippen LogP contribution in [0.1, 0.15) is 22.4 Å². The maximum atomic E-state index is 12.5. The highest BCUT2D eigenvalue weighted by Crippen LogP contribution is 2.32. The number of aliphatic imine (C=N–C) groups is 1. The molecule has 0 fully saturated rings. The Hall–Kier alpha value is -4.71. The molecule has 3 aromatic rings. The van der Waals surface area contributed by atoms with Gasteiger partial charge in [0.2, 0.25) is 11.8 Å². The van der Waals surface area contributed by atoms with E-state index in [0.717, 1.165) is 28.1 Å². The van der Waals surface area contributed by atoms with Gasteiger partial charge in [0.1, 0.15) is 23.9 Å². The molecule has 0 unspecified atom stereocenters. The lowest BCUT2D eigenvalue weighted by atomic mass is 10.1. The molecule has 0 bridgehead atoms. The van der Waals surface area contributed by atoms with Crippen LogP contribution in [0.3, 0.4) is 0 Å². The normalized spacial score (nSPS) is 12.1. The average molecular weight is 468 g/mol. The molecule has 0 spiro atoms. The van der Waals surface area contributed by atoms with Crippen LogP contribution in [0, 0.1) is 11.3 Å². The summed E-state index contributed by atoms with van der Waals surface area (Å²) in [5, 5.41) is 12.2. The van der Waals surface area contributed by atoms with E-state index in [0.29, 0.717) is 31.1 Å². The zero-order valence-corrected chi connectivity index (χ0v) is 19.5. The van der Waals surface area contributed by atoms with Crippen molar-refractivity contribution in [1.29, 1.82) is 5.26 Å². The molecular weight excluding hydrogens is 442 g/mol. The van der Waals surface area contributed by atoms with E-state index in [1.807, 2.05) is 73.6 Å². The maximum Gasteiger partial charge on any atom is 0.262 e. The highest BCUT2D eigenvalue weighted by Gasteiger charge is 2.17. The predicted octanol–water partition coefficient (Wildman–Crippen LogP) is 3.19. The van der Waals surface area contributed by atoms with Crippen molar-refractivity contribution in [3.63, 3.8) is 0 Å². The van der Waals surface area contributed by atoms with Crippen LogP contribution < -0.4 is 20.7 Å². The van der Waals surface area contributed by atoms with E-state index in [-0.39, 0.29) is 11.5 Å². The van der Waals surface area contributed by atoms with Crippen LogP contribution in [0.4, 0.5) is 17.3 Å². The zero-order chi connectivity index (χ0) is 24.8. The number of hydrogen-bond donors (Lipinski definition) is 2. The number of nitrogen functional groups attached to an aromatic ring is 1. The third-order valence-corrected chi connectivity index (χ3v) is 5.38. The average Bonchev–Trinajstić information content (AvgIpc) is 3.34. The Bertz CT molecular complexity index is 1320. The number of ether oxygens (including phenoxy) is 1. The summed E-state index contributed by atoms with van der Waals surface area (Å²) in [6, 6.07) is 17.2. The van der Waals surface area contributed by atoms with Gasteiger partial charge in [0, 0.05) is 39.0 Å². The molecule has 9 heteroatoms. The van der Waals surface area contributed by atoms with Crippen LogP contribution in [-0.2, 0) is 24.4 Å². The minimum Gasteiger partial charge on any atom is -0.471 e. The quantitative estimate of drug-likeness (QED) is 0.384. The number of nitrogens with zero attached hydrogens (tertiary/aromatic N) is 5. The molecule has 0 radical (unpaired) electrons. The van der Waals surface area contributed by atoms with Crippen molar-refractivity contribution in [2.75, 3.05) is 24.7 Å². The minimum absolute atomic E-state index is 0.0481. The molecule has 0 saturated carbocycles. The molecule has 9 nitrogen and oxygen atoms in total. The summed E-state index contributed by atoms with van der Waals surface area (Å²) < 4.78 is 5.82. The summed E-state index contributed by atoms with van der Waals surface area (Å²) in [6.45, 7) is 0.586. The first kappa shape index (κ1) is 23.4. The number of anilines is 2. The van der Waals surface area contributed by atoms with Crippen molar-refractivity contribution in [2.24, 2.45) is 4.99 Å². The fraction of sp³-hybridized carbons (Fsp3) is 0.192. The first-order valence-corrected chi connectivity index (χ1v) is 11.0. The molecule has 1 aromatic heterocycles. The number of hydrogen-bond acceptors (Lipinski definition) is 8. The second-order valence-electron chi connectivity index (χ2n) is 8.14. The molecule has 1 amide bonds. The predicted molar refractivity (Wildman–Crippen MR) is 135 cm³/mol. The summed E-state index contributed by atoms with van der Waals surface area (Å²) in [6.07, 6.45) is 3.95. The largest absolute Gasteiger partial charge is 0.471 e. The van der Waals surface area contributed by atoms with Crippen molar-refractivity contribution in [3.05, 3.63) is 76.5 Å². The fourth-order valence-electron chi connectivity index (χ4n) is 3.46. The van der Waals surface area contributed by atoms with Gasteiger partial charge in [-0.3, -0.25) is 9.79 Å². The second-order valence-corrected chi connectivity index (χ2v) is 8.14. The Morgan fingerprint density at radius 1 is 1.14 bits per heavy atom. The van der Waals surface area contributed by atoms with Crippen LogP contribution >= 0.6 is 0 Å². The number of fused-ring (bicyclic) bond motifs is 1. The van der Waals surface area contributed by atoms with Crippen LogP contribution in [0.5, 0.6) is 5.88 Å². The van der Waals surface area contributed by atoms with E-state index in [1.54, 1.807) is 12.3 Å². The Labute approximate surface area is 203 Å². The third-order valence-electron chi connectivity index (χ3n) is 5.38. The summed E-state index contributed by atoms with van der Waals surface area (Å²) in [5.41, 5.74) is 10.8. The number of rotatable bonds is 8. The Kier molecular flexibility index (Phi) is 7.02. The first-order chi connectivity index (χ1) is 16.9. The van der Waals surface area contributed by atoms with Gasteiger partial charge in [-0.05, 0) is 34.9 Å². The number of aromatic nitrogens is 2. The van der Waals surface area contributed by atoms with Crippen LogP contribution in [-0.4, -0.2) is 36.2 Å². The second kappa shape index (κ2) is 10.5. The summed E-state index contributed by atoms with van der Waals surface area (Å²) in [5.74, 6) is 0.101. The molecule has 0 aliphatic carbocycles. The minimum atomic E-state index is -0.424. The van der Waals surface area contributed by atoms with E-state index < -0.39 is 5.91 Å².